The zero-order chi connectivity index (χ0) is 11.5. The normalized spacial score (nSPS) is 11.7. The van der Waals surface area contributed by atoms with Gasteiger partial charge in [0.15, 0.2) is 0 Å². The van der Waals surface area contributed by atoms with E-state index in [4.69, 9.17) is 0 Å². The van der Waals surface area contributed by atoms with Crippen molar-refractivity contribution < 1.29 is 4.79 Å². The van der Waals surface area contributed by atoms with Crippen LogP contribution in [0.4, 0.5) is 0 Å². The van der Waals surface area contributed by atoms with Crippen molar-refractivity contribution in [2.75, 3.05) is 0 Å². The Kier molecular flexibility index (Phi) is 3.66. The van der Waals surface area contributed by atoms with Crippen LogP contribution < -0.4 is 0 Å². The van der Waals surface area contributed by atoms with E-state index < -0.39 is 0 Å². The molecule has 0 aliphatic heterocycles. The summed E-state index contributed by atoms with van der Waals surface area (Å²) < 4.78 is 2.00. The molecule has 1 aromatic rings. The Hall–Kier alpha value is -1.12. The van der Waals surface area contributed by atoms with Crippen molar-refractivity contribution in [3.05, 3.63) is 18.0 Å². The second-order valence-electron chi connectivity index (χ2n) is 4.70. The lowest BCUT2D eigenvalue weighted by Crippen LogP contribution is -2.25. The highest BCUT2D eigenvalue weighted by Gasteiger charge is 2.25. The van der Waals surface area contributed by atoms with Crippen molar-refractivity contribution in [1.82, 2.24) is 9.78 Å². The van der Waals surface area contributed by atoms with Crippen LogP contribution in [0.5, 0.6) is 0 Å². The van der Waals surface area contributed by atoms with Crippen LogP contribution in [0.15, 0.2) is 12.3 Å². The number of carbonyl (C=O) groups is 1. The summed E-state index contributed by atoms with van der Waals surface area (Å²) in [4.78, 5) is 11.2. The lowest BCUT2D eigenvalue weighted by molar-refractivity contribution is -0.118. The maximum absolute atomic E-state index is 11.2. The number of rotatable bonds is 5. The molecular formula is C12H20N2O. The Labute approximate surface area is 91.5 Å². The van der Waals surface area contributed by atoms with Gasteiger partial charge in [-0.3, -0.25) is 9.48 Å². The number of aryl methyl sites for hydroxylation is 1. The molecule has 0 amide bonds. The molecule has 0 saturated carbocycles. The van der Waals surface area contributed by atoms with Gasteiger partial charge in [-0.1, -0.05) is 20.8 Å². The Balaban J connectivity index is 2.92. The molecule has 15 heavy (non-hydrogen) atoms. The van der Waals surface area contributed by atoms with Gasteiger partial charge in [-0.2, -0.15) is 5.10 Å². The molecule has 0 saturated heterocycles. The van der Waals surface area contributed by atoms with Crippen LogP contribution in [0.1, 0.15) is 46.2 Å². The van der Waals surface area contributed by atoms with Gasteiger partial charge < -0.3 is 0 Å². The van der Waals surface area contributed by atoms with Gasteiger partial charge >= 0.3 is 0 Å². The van der Waals surface area contributed by atoms with Crippen LogP contribution in [0, 0.1) is 0 Å². The van der Waals surface area contributed by atoms with Crippen molar-refractivity contribution in [2.24, 2.45) is 0 Å². The minimum Gasteiger partial charge on any atom is -0.300 e. The topological polar surface area (TPSA) is 34.9 Å². The first-order valence-corrected chi connectivity index (χ1v) is 5.49. The lowest BCUT2D eigenvalue weighted by Gasteiger charge is -2.24. The van der Waals surface area contributed by atoms with Crippen LogP contribution in [0.25, 0.3) is 0 Å². The van der Waals surface area contributed by atoms with Crippen LogP contribution >= 0.6 is 0 Å². The zero-order valence-corrected chi connectivity index (χ0v) is 10.1. The predicted molar refractivity (Wildman–Crippen MR) is 60.8 cm³/mol. The highest BCUT2D eigenvalue weighted by molar-refractivity contribution is 5.76. The third kappa shape index (κ3) is 2.91. The van der Waals surface area contributed by atoms with Gasteiger partial charge in [0, 0.05) is 30.3 Å². The first-order valence-electron chi connectivity index (χ1n) is 5.49. The molecule has 0 radical (unpaired) electrons. The minimum atomic E-state index is -0.114. The summed E-state index contributed by atoms with van der Waals surface area (Å²) in [6.07, 6.45) is 3.44. The molecule has 0 aliphatic carbocycles. The molecule has 0 unspecified atom stereocenters. The van der Waals surface area contributed by atoms with Gasteiger partial charge in [0.1, 0.15) is 5.78 Å². The van der Waals surface area contributed by atoms with E-state index in [9.17, 15) is 4.79 Å². The number of carbonyl (C=O) groups excluding carboxylic acids is 1. The van der Waals surface area contributed by atoms with Crippen LogP contribution in [-0.2, 0) is 16.8 Å². The van der Waals surface area contributed by atoms with E-state index in [0.29, 0.717) is 6.42 Å². The second-order valence-corrected chi connectivity index (χ2v) is 4.70. The van der Waals surface area contributed by atoms with Crippen molar-refractivity contribution in [2.45, 2.75) is 52.5 Å². The molecule has 1 rings (SSSR count). The molecule has 0 bridgehead atoms. The molecule has 0 aliphatic rings. The van der Waals surface area contributed by atoms with Crippen LogP contribution in [-0.4, -0.2) is 15.6 Å². The maximum atomic E-state index is 11.2. The highest BCUT2D eigenvalue weighted by Crippen LogP contribution is 2.27. The van der Waals surface area contributed by atoms with Gasteiger partial charge in [0.2, 0.25) is 0 Å². The Morgan fingerprint density at radius 3 is 2.73 bits per heavy atom. The molecule has 1 aromatic heterocycles. The molecular weight excluding hydrogens is 188 g/mol. The largest absolute Gasteiger partial charge is 0.300 e. The third-order valence-electron chi connectivity index (χ3n) is 2.54. The zero-order valence-electron chi connectivity index (χ0n) is 10.1. The molecule has 0 N–H and O–H groups in total. The minimum absolute atomic E-state index is 0.114. The molecule has 0 aromatic carbocycles. The Morgan fingerprint density at radius 2 is 2.20 bits per heavy atom. The van der Waals surface area contributed by atoms with E-state index in [1.165, 1.54) is 0 Å². The summed E-state index contributed by atoms with van der Waals surface area (Å²) >= 11 is 0. The van der Waals surface area contributed by atoms with E-state index >= 15 is 0 Å². The third-order valence-corrected chi connectivity index (χ3v) is 2.54. The molecule has 3 heteroatoms. The standard InChI is InChI=1S/C12H20N2O/c1-5-8-14-11(6-7-13-14)12(3,4)9-10(2)15/h6-7H,5,8-9H2,1-4H3. The van der Waals surface area contributed by atoms with Crippen molar-refractivity contribution in [1.29, 1.82) is 0 Å². The van der Waals surface area contributed by atoms with Crippen LogP contribution in [0.2, 0.25) is 0 Å². The summed E-state index contributed by atoms with van der Waals surface area (Å²) in [6.45, 7) is 8.88. The smallest absolute Gasteiger partial charge is 0.130 e. The number of Topliss-reactive ketones (excluding diaryl/α,β-unsaturated/α-hetero) is 1. The monoisotopic (exact) mass is 208 g/mol. The summed E-state index contributed by atoms with van der Waals surface area (Å²) in [5.41, 5.74) is 1.04. The predicted octanol–water partition coefficient (Wildman–Crippen LogP) is 2.55. The summed E-state index contributed by atoms with van der Waals surface area (Å²) in [6, 6.07) is 2.01. The number of hydrogen-bond acceptors (Lipinski definition) is 2. The first kappa shape index (κ1) is 12.0. The van der Waals surface area contributed by atoms with Gasteiger partial charge in [-0.05, 0) is 19.4 Å². The first-order chi connectivity index (χ1) is 6.97. The average Bonchev–Trinajstić information content (AvgIpc) is 2.51. The number of aromatic nitrogens is 2. The van der Waals surface area contributed by atoms with E-state index in [2.05, 4.69) is 25.9 Å². The summed E-state index contributed by atoms with van der Waals surface area (Å²) in [5, 5.41) is 4.28. The fourth-order valence-corrected chi connectivity index (χ4v) is 2.01. The number of hydrogen-bond donors (Lipinski definition) is 0. The SMILES string of the molecule is CCCn1nccc1C(C)(C)CC(C)=O. The van der Waals surface area contributed by atoms with E-state index in [1.54, 1.807) is 6.92 Å². The van der Waals surface area contributed by atoms with Crippen LogP contribution in [0.3, 0.4) is 0 Å². The second kappa shape index (κ2) is 4.60. The van der Waals surface area contributed by atoms with E-state index in [1.807, 2.05) is 16.9 Å². The fraction of sp³-hybridized carbons (Fsp3) is 0.667. The van der Waals surface area contributed by atoms with Gasteiger partial charge in [0.25, 0.3) is 0 Å². The fourth-order valence-electron chi connectivity index (χ4n) is 2.01. The number of ketones is 1. The summed E-state index contributed by atoms with van der Waals surface area (Å²) in [7, 11) is 0. The van der Waals surface area contributed by atoms with Crippen molar-refractivity contribution >= 4 is 5.78 Å². The quantitative estimate of drug-likeness (QED) is 0.745. The molecule has 1 heterocycles. The van der Waals surface area contributed by atoms with E-state index in [-0.39, 0.29) is 11.2 Å². The molecule has 0 spiro atoms. The average molecular weight is 208 g/mol. The van der Waals surface area contributed by atoms with Gasteiger partial charge in [-0.15, -0.1) is 0 Å². The Bertz CT molecular complexity index is 339. The molecule has 84 valence electrons. The molecule has 0 atom stereocenters. The Morgan fingerprint density at radius 1 is 1.53 bits per heavy atom. The van der Waals surface area contributed by atoms with Crippen molar-refractivity contribution in [3.63, 3.8) is 0 Å². The molecule has 0 fully saturated rings. The molecule has 3 nitrogen and oxygen atoms in total. The van der Waals surface area contributed by atoms with Crippen molar-refractivity contribution in [3.8, 4) is 0 Å². The number of nitrogens with zero attached hydrogens (tertiary/aromatic N) is 2. The summed E-state index contributed by atoms with van der Waals surface area (Å²) in [5.74, 6) is 0.226. The highest BCUT2D eigenvalue weighted by atomic mass is 16.1. The van der Waals surface area contributed by atoms with Gasteiger partial charge in [-0.25, -0.2) is 0 Å². The van der Waals surface area contributed by atoms with Gasteiger partial charge in [0.05, 0.1) is 0 Å². The van der Waals surface area contributed by atoms with E-state index in [0.717, 1.165) is 18.7 Å². The maximum Gasteiger partial charge on any atom is 0.130 e. The lowest BCUT2D eigenvalue weighted by atomic mass is 9.84.